The summed E-state index contributed by atoms with van der Waals surface area (Å²) in [5.74, 6) is 2.35. The van der Waals surface area contributed by atoms with Crippen molar-refractivity contribution in [2.75, 3.05) is 5.32 Å². The summed E-state index contributed by atoms with van der Waals surface area (Å²) in [7, 11) is 0. The summed E-state index contributed by atoms with van der Waals surface area (Å²) in [5.41, 5.74) is 3.85. The zero-order chi connectivity index (χ0) is 19.1. The van der Waals surface area contributed by atoms with Gasteiger partial charge in [0.1, 0.15) is 17.3 Å². The standard InChI is InChI=1S/C22H18ClN3O2/c23-14-7-9-15(10-8-14)28-16-4-1-3-13(11-16)20-17-12-24-26-22(17)25-18-5-2-6-19(27)21(18)20/h1,3-4,7-12,20H,2,5-6H2,(H2,24,25,26). The minimum atomic E-state index is -0.147. The molecule has 140 valence electrons. The van der Waals surface area contributed by atoms with Crippen molar-refractivity contribution < 1.29 is 9.53 Å². The van der Waals surface area contributed by atoms with E-state index in [1.807, 2.05) is 36.4 Å². The van der Waals surface area contributed by atoms with Gasteiger partial charge in [-0.1, -0.05) is 23.7 Å². The van der Waals surface area contributed by atoms with Crippen molar-refractivity contribution in [1.82, 2.24) is 10.2 Å². The van der Waals surface area contributed by atoms with E-state index in [1.54, 1.807) is 18.3 Å². The minimum Gasteiger partial charge on any atom is -0.457 e. The first-order valence-corrected chi connectivity index (χ1v) is 9.67. The average molecular weight is 392 g/mol. The first kappa shape index (κ1) is 17.1. The van der Waals surface area contributed by atoms with Gasteiger partial charge in [-0.2, -0.15) is 5.10 Å². The molecule has 0 radical (unpaired) electrons. The molecule has 0 saturated carbocycles. The van der Waals surface area contributed by atoms with Crippen molar-refractivity contribution in [3.63, 3.8) is 0 Å². The number of H-pyrrole nitrogens is 1. The van der Waals surface area contributed by atoms with Gasteiger partial charge in [0.2, 0.25) is 0 Å². The fourth-order valence-electron chi connectivity index (χ4n) is 3.99. The number of fused-ring (bicyclic) bond motifs is 1. The highest BCUT2D eigenvalue weighted by atomic mass is 35.5. The van der Waals surface area contributed by atoms with Gasteiger partial charge in [-0.3, -0.25) is 9.89 Å². The van der Waals surface area contributed by atoms with Crippen LogP contribution in [-0.4, -0.2) is 16.0 Å². The van der Waals surface area contributed by atoms with Crippen molar-refractivity contribution in [3.05, 3.63) is 82.1 Å². The molecular weight excluding hydrogens is 374 g/mol. The molecule has 0 spiro atoms. The molecule has 1 aliphatic carbocycles. The predicted octanol–water partition coefficient (Wildman–Crippen LogP) is 5.42. The Morgan fingerprint density at radius 2 is 1.93 bits per heavy atom. The van der Waals surface area contributed by atoms with E-state index in [1.165, 1.54) is 0 Å². The van der Waals surface area contributed by atoms with Gasteiger partial charge in [0.15, 0.2) is 5.78 Å². The van der Waals surface area contributed by atoms with Gasteiger partial charge in [-0.15, -0.1) is 0 Å². The molecule has 1 unspecified atom stereocenters. The Hall–Kier alpha value is -3.05. The van der Waals surface area contributed by atoms with Crippen LogP contribution in [0, 0.1) is 0 Å². The molecule has 5 rings (SSSR count). The van der Waals surface area contributed by atoms with Crippen molar-refractivity contribution in [3.8, 4) is 11.5 Å². The maximum Gasteiger partial charge on any atom is 0.161 e. The summed E-state index contributed by atoms with van der Waals surface area (Å²) in [6.07, 6.45) is 4.13. The molecular formula is C22H18ClN3O2. The average Bonchev–Trinajstić information content (AvgIpc) is 3.17. The number of carbonyl (C=O) groups excluding carboxylic acids is 1. The van der Waals surface area contributed by atoms with Crippen molar-refractivity contribution in [1.29, 1.82) is 0 Å². The molecule has 2 N–H and O–H groups in total. The predicted molar refractivity (Wildman–Crippen MR) is 108 cm³/mol. The summed E-state index contributed by atoms with van der Waals surface area (Å²) in [4.78, 5) is 12.8. The fraction of sp³-hybridized carbons (Fsp3) is 0.182. The molecule has 0 bridgehead atoms. The molecule has 28 heavy (non-hydrogen) atoms. The number of Topliss-reactive ketones (excluding diaryl/α,β-unsaturated/α-hetero) is 1. The van der Waals surface area contributed by atoms with Crippen LogP contribution in [0.5, 0.6) is 11.5 Å². The van der Waals surface area contributed by atoms with Crippen LogP contribution in [0.25, 0.3) is 0 Å². The molecule has 1 atom stereocenters. The number of rotatable bonds is 3. The Labute approximate surface area is 167 Å². The van der Waals surface area contributed by atoms with E-state index in [0.717, 1.165) is 41.1 Å². The third kappa shape index (κ3) is 2.98. The monoisotopic (exact) mass is 391 g/mol. The normalized spacial score (nSPS) is 18.3. The van der Waals surface area contributed by atoms with Gasteiger partial charge in [0, 0.05) is 34.2 Å². The molecule has 2 heterocycles. The van der Waals surface area contributed by atoms with E-state index < -0.39 is 0 Å². The lowest BCUT2D eigenvalue weighted by Gasteiger charge is -2.31. The van der Waals surface area contributed by atoms with Crippen LogP contribution < -0.4 is 10.1 Å². The number of nitrogens with zero attached hydrogens (tertiary/aromatic N) is 1. The van der Waals surface area contributed by atoms with Gasteiger partial charge in [0.05, 0.1) is 6.20 Å². The third-order valence-electron chi connectivity index (χ3n) is 5.24. The smallest absolute Gasteiger partial charge is 0.161 e. The number of benzene rings is 2. The first-order chi connectivity index (χ1) is 13.7. The first-order valence-electron chi connectivity index (χ1n) is 9.29. The van der Waals surface area contributed by atoms with E-state index >= 15 is 0 Å². The topological polar surface area (TPSA) is 67.0 Å². The van der Waals surface area contributed by atoms with Crippen molar-refractivity contribution in [2.24, 2.45) is 0 Å². The Balaban J connectivity index is 1.55. The van der Waals surface area contributed by atoms with Crippen LogP contribution in [0.4, 0.5) is 5.82 Å². The number of aromatic amines is 1. The summed E-state index contributed by atoms with van der Waals surface area (Å²) >= 11 is 5.95. The number of nitrogens with one attached hydrogen (secondary N) is 2. The molecule has 0 amide bonds. The fourth-order valence-corrected chi connectivity index (χ4v) is 4.12. The van der Waals surface area contributed by atoms with E-state index in [-0.39, 0.29) is 11.7 Å². The number of hydrogen-bond acceptors (Lipinski definition) is 4. The SMILES string of the molecule is O=C1CCCC2=C1C(c1cccc(Oc3ccc(Cl)cc3)c1)c1cn[nH]c1N2. The number of aromatic nitrogens is 2. The highest BCUT2D eigenvalue weighted by Gasteiger charge is 2.36. The molecule has 0 saturated heterocycles. The van der Waals surface area contributed by atoms with Gasteiger partial charge >= 0.3 is 0 Å². The number of ether oxygens (including phenoxy) is 1. The second-order valence-electron chi connectivity index (χ2n) is 7.06. The maximum absolute atomic E-state index is 12.8. The van der Waals surface area contributed by atoms with E-state index in [2.05, 4.69) is 15.5 Å². The molecule has 6 heteroatoms. The number of carbonyl (C=O) groups is 1. The van der Waals surface area contributed by atoms with Crippen LogP contribution in [-0.2, 0) is 4.79 Å². The third-order valence-corrected chi connectivity index (χ3v) is 5.49. The van der Waals surface area contributed by atoms with Gasteiger partial charge < -0.3 is 10.1 Å². The lowest BCUT2D eigenvalue weighted by molar-refractivity contribution is -0.116. The van der Waals surface area contributed by atoms with Crippen molar-refractivity contribution in [2.45, 2.75) is 25.2 Å². The van der Waals surface area contributed by atoms with E-state index in [0.29, 0.717) is 22.9 Å². The lowest BCUT2D eigenvalue weighted by atomic mass is 9.77. The van der Waals surface area contributed by atoms with Gasteiger partial charge in [0.25, 0.3) is 0 Å². The Morgan fingerprint density at radius 3 is 2.79 bits per heavy atom. The molecule has 3 aromatic rings. The zero-order valence-corrected chi connectivity index (χ0v) is 15.8. The zero-order valence-electron chi connectivity index (χ0n) is 15.0. The Kier molecular flexibility index (Phi) is 4.17. The highest BCUT2D eigenvalue weighted by Crippen LogP contribution is 2.45. The van der Waals surface area contributed by atoms with Crippen LogP contribution in [0.15, 0.2) is 66.0 Å². The largest absolute Gasteiger partial charge is 0.457 e. The minimum absolute atomic E-state index is 0.147. The second-order valence-corrected chi connectivity index (χ2v) is 7.49. The number of ketones is 1. The number of anilines is 1. The van der Waals surface area contributed by atoms with Crippen LogP contribution in [0.3, 0.4) is 0 Å². The number of halogens is 1. The number of hydrogen-bond donors (Lipinski definition) is 2. The Morgan fingerprint density at radius 1 is 1.07 bits per heavy atom. The highest BCUT2D eigenvalue weighted by molar-refractivity contribution is 6.30. The van der Waals surface area contributed by atoms with Crippen LogP contribution in [0.2, 0.25) is 5.02 Å². The van der Waals surface area contributed by atoms with Crippen LogP contribution in [0.1, 0.15) is 36.3 Å². The summed E-state index contributed by atoms with van der Waals surface area (Å²) < 4.78 is 6.00. The number of allylic oxidation sites excluding steroid dienone is 2. The summed E-state index contributed by atoms with van der Waals surface area (Å²) in [5, 5.41) is 11.2. The van der Waals surface area contributed by atoms with Crippen LogP contribution >= 0.6 is 11.6 Å². The van der Waals surface area contributed by atoms with Crippen molar-refractivity contribution >= 4 is 23.2 Å². The lowest BCUT2D eigenvalue weighted by Crippen LogP contribution is -2.26. The van der Waals surface area contributed by atoms with Gasteiger partial charge in [-0.25, -0.2) is 0 Å². The summed E-state index contributed by atoms with van der Waals surface area (Å²) in [6, 6.07) is 15.1. The maximum atomic E-state index is 12.8. The molecule has 2 aromatic carbocycles. The Bertz CT molecular complexity index is 1090. The molecule has 1 aromatic heterocycles. The van der Waals surface area contributed by atoms with E-state index in [9.17, 15) is 4.79 Å². The second kappa shape index (κ2) is 6.84. The molecule has 2 aliphatic rings. The molecule has 1 aliphatic heterocycles. The summed E-state index contributed by atoms with van der Waals surface area (Å²) in [6.45, 7) is 0. The van der Waals surface area contributed by atoms with Gasteiger partial charge in [-0.05, 0) is 54.8 Å². The quantitative estimate of drug-likeness (QED) is 0.625. The molecule has 5 nitrogen and oxygen atoms in total. The molecule has 0 fully saturated rings. The van der Waals surface area contributed by atoms with E-state index in [4.69, 9.17) is 16.3 Å².